The van der Waals surface area contributed by atoms with Gasteiger partial charge in [0.15, 0.2) is 0 Å². The highest BCUT2D eigenvalue weighted by Crippen LogP contribution is 2.28. The highest BCUT2D eigenvalue weighted by molar-refractivity contribution is 9.10. The summed E-state index contributed by atoms with van der Waals surface area (Å²) in [4.78, 5) is 12.0. The molecule has 1 amide bonds. The van der Waals surface area contributed by atoms with Gasteiger partial charge in [-0.15, -0.1) is 0 Å². The fourth-order valence-electron chi connectivity index (χ4n) is 1.60. The van der Waals surface area contributed by atoms with E-state index in [2.05, 4.69) is 21.2 Å². The molecular weight excluding hydrogens is 346 g/mol. The number of carbonyl (C=O) groups is 1. The second-order valence-corrected chi connectivity index (χ2v) is 5.23. The molecule has 0 unspecified atom stereocenters. The van der Waals surface area contributed by atoms with Crippen LogP contribution in [0.3, 0.4) is 0 Å². The van der Waals surface area contributed by atoms with Crippen molar-refractivity contribution in [2.45, 2.75) is 0 Å². The maximum Gasteiger partial charge on any atom is 0.255 e. The van der Waals surface area contributed by atoms with Gasteiger partial charge in [0.1, 0.15) is 11.5 Å². The predicted molar refractivity (Wildman–Crippen MR) is 81.8 cm³/mol. The Balaban J connectivity index is 2.19. The standard InChI is InChI=1S/C14H11BrClNO3/c1-20-13-5-3-9(7-10(13)15)17-14(19)8-2-4-12(18)11(16)6-8/h2-7,18H,1H3,(H,17,19). The zero-order chi connectivity index (χ0) is 14.7. The van der Waals surface area contributed by atoms with Gasteiger partial charge in [-0.1, -0.05) is 11.6 Å². The number of amides is 1. The summed E-state index contributed by atoms with van der Waals surface area (Å²) >= 11 is 9.12. The summed E-state index contributed by atoms with van der Waals surface area (Å²) < 4.78 is 5.85. The average Bonchev–Trinajstić information content (AvgIpc) is 2.42. The van der Waals surface area contributed by atoms with Crippen LogP contribution in [0.1, 0.15) is 10.4 Å². The maximum absolute atomic E-state index is 12.0. The normalized spacial score (nSPS) is 10.2. The van der Waals surface area contributed by atoms with Gasteiger partial charge in [-0.05, 0) is 52.3 Å². The van der Waals surface area contributed by atoms with E-state index in [0.717, 1.165) is 4.47 Å². The number of hydrogen-bond donors (Lipinski definition) is 2. The van der Waals surface area contributed by atoms with Crippen molar-refractivity contribution in [1.82, 2.24) is 0 Å². The van der Waals surface area contributed by atoms with Crippen LogP contribution in [-0.2, 0) is 0 Å². The summed E-state index contributed by atoms with van der Waals surface area (Å²) in [6, 6.07) is 9.48. The lowest BCUT2D eigenvalue weighted by Gasteiger charge is -2.08. The summed E-state index contributed by atoms with van der Waals surface area (Å²) in [7, 11) is 1.57. The van der Waals surface area contributed by atoms with E-state index in [1.165, 1.54) is 18.2 Å². The van der Waals surface area contributed by atoms with Crippen LogP contribution in [0.5, 0.6) is 11.5 Å². The zero-order valence-electron chi connectivity index (χ0n) is 10.5. The Morgan fingerprint density at radius 3 is 2.65 bits per heavy atom. The maximum atomic E-state index is 12.0. The molecule has 0 spiro atoms. The van der Waals surface area contributed by atoms with Gasteiger partial charge < -0.3 is 15.2 Å². The number of ether oxygens (including phenoxy) is 1. The van der Waals surface area contributed by atoms with E-state index in [0.29, 0.717) is 17.0 Å². The van der Waals surface area contributed by atoms with Crippen molar-refractivity contribution < 1.29 is 14.6 Å². The molecule has 0 aromatic heterocycles. The Labute approximate surface area is 129 Å². The molecular formula is C14H11BrClNO3. The zero-order valence-corrected chi connectivity index (χ0v) is 12.8. The van der Waals surface area contributed by atoms with Crippen molar-refractivity contribution in [3.8, 4) is 11.5 Å². The molecule has 0 heterocycles. The van der Waals surface area contributed by atoms with E-state index in [1.54, 1.807) is 25.3 Å². The van der Waals surface area contributed by atoms with E-state index in [-0.39, 0.29) is 16.7 Å². The van der Waals surface area contributed by atoms with Gasteiger partial charge >= 0.3 is 0 Å². The van der Waals surface area contributed by atoms with Gasteiger partial charge in [0.05, 0.1) is 16.6 Å². The lowest BCUT2D eigenvalue weighted by molar-refractivity contribution is 0.102. The smallest absolute Gasteiger partial charge is 0.255 e. The molecule has 0 saturated heterocycles. The van der Waals surface area contributed by atoms with Gasteiger partial charge in [0, 0.05) is 11.3 Å². The summed E-state index contributed by atoms with van der Waals surface area (Å²) in [5.74, 6) is 0.301. The minimum Gasteiger partial charge on any atom is -0.506 e. The molecule has 4 nitrogen and oxygen atoms in total. The molecule has 0 aliphatic carbocycles. The number of halogens is 2. The van der Waals surface area contributed by atoms with Gasteiger partial charge in [-0.3, -0.25) is 4.79 Å². The van der Waals surface area contributed by atoms with Crippen LogP contribution in [0, 0.1) is 0 Å². The molecule has 0 radical (unpaired) electrons. The van der Waals surface area contributed by atoms with Crippen molar-refractivity contribution in [1.29, 1.82) is 0 Å². The third-order valence-electron chi connectivity index (χ3n) is 2.62. The van der Waals surface area contributed by atoms with E-state index >= 15 is 0 Å². The third-order valence-corrected chi connectivity index (χ3v) is 3.54. The van der Waals surface area contributed by atoms with Crippen molar-refractivity contribution in [3.05, 3.63) is 51.5 Å². The van der Waals surface area contributed by atoms with Crippen LogP contribution >= 0.6 is 27.5 Å². The number of phenols is 1. The predicted octanol–water partition coefficient (Wildman–Crippen LogP) is 4.07. The van der Waals surface area contributed by atoms with Gasteiger partial charge in [0.25, 0.3) is 5.91 Å². The molecule has 6 heteroatoms. The summed E-state index contributed by atoms with van der Waals surface area (Å²) in [5.41, 5.74) is 0.978. The lowest BCUT2D eigenvalue weighted by atomic mass is 10.2. The number of anilines is 1. The Morgan fingerprint density at radius 2 is 2.05 bits per heavy atom. The van der Waals surface area contributed by atoms with Crippen LogP contribution in [0.15, 0.2) is 40.9 Å². The number of rotatable bonds is 3. The highest BCUT2D eigenvalue weighted by Gasteiger charge is 2.10. The second-order valence-electron chi connectivity index (χ2n) is 3.97. The Morgan fingerprint density at radius 1 is 1.30 bits per heavy atom. The molecule has 20 heavy (non-hydrogen) atoms. The summed E-state index contributed by atoms with van der Waals surface area (Å²) in [5, 5.41) is 12.2. The molecule has 0 saturated carbocycles. The molecule has 2 aromatic carbocycles. The Kier molecular flexibility index (Phi) is 4.52. The van der Waals surface area contributed by atoms with E-state index in [9.17, 15) is 9.90 Å². The first-order chi connectivity index (χ1) is 9.51. The number of methoxy groups -OCH3 is 1. The van der Waals surface area contributed by atoms with E-state index in [1.807, 2.05) is 0 Å². The molecule has 2 aromatic rings. The molecule has 2 N–H and O–H groups in total. The van der Waals surface area contributed by atoms with Crippen LogP contribution in [0.2, 0.25) is 5.02 Å². The largest absolute Gasteiger partial charge is 0.506 e. The summed E-state index contributed by atoms with van der Waals surface area (Å²) in [6.07, 6.45) is 0. The molecule has 104 valence electrons. The fourth-order valence-corrected chi connectivity index (χ4v) is 2.32. The molecule has 0 fully saturated rings. The molecule has 0 bridgehead atoms. The average molecular weight is 357 g/mol. The molecule has 2 rings (SSSR count). The first-order valence-electron chi connectivity index (χ1n) is 5.64. The number of phenolic OH excluding ortho intramolecular Hbond substituents is 1. The highest BCUT2D eigenvalue weighted by atomic mass is 79.9. The van der Waals surface area contributed by atoms with Crippen molar-refractivity contribution in [2.75, 3.05) is 12.4 Å². The van der Waals surface area contributed by atoms with Crippen LogP contribution in [0.4, 0.5) is 5.69 Å². The Hall–Kier alpha value is -1.72. The van der Waals surface area contributed by atoms with Crippen LogP contribution in [-0.4, -0.2) is 18.1 Å². The lowest BCUT2D eigenvalue weighted by Crippen LogP contribution is -2.11. The van der Waals surface area contributed by atoms with Crippen molar-refractivity contribution >= 4 is 39.1 Å². The quantitative estimate of drug-likeness (QED) is 0.871. The van der Waals surface area contributed by atoms with E-state index < -0.39 is 0 Å². The van der Waals surface area contributed by atoms with Crippen molar-refractivity contribution in [3.63, 3.8) is 0 Å². The minimum absolute atomic E-state index is 0.0598. The first kappa shape index (κ1) is 14.7. The Bertz CT molecular complexity index is 661. The van der Waals surface area contributed by atoms with Crippen LogP contribution < -0.4 is 10.1 Å². The fraction of sp³-hybridized carbons (Fsp3) is 0.0714. The number of benzene rings is 2. The third kappa shape index (κ3) is 3.23. The monoisotopic (exact) mass is 355 g/mol. The first-order valence-corrected chi connectivity index (χ1v) is 6.82. The SMILES string of the molecule is COc1ccc(NC(=O)c2ccc(O)c(Cl)c2)cc1Br. The van der Waals surface area contributed by atoms with Crippen molar-refractivity contribution in [2.24, 2.45) is 0 Å². The van der Waals surface area contributed by atoms with Gasteiger partial charge in [0.2, 0.25) is 0 Å². The second kappa shape index (κ2) is 6.15. The topological polar surface area (TPSA) is 58.6 Å². The summed E-state index contributed by atoms with van der Waals surface area (Å²) in [6.45, 7) is 0. The molecule has 0 aliphatic rings. The minimum atomic E-state index is -0.316. The number of carbonyl (C=O) groups excluding carboxylic acids is 1. The van der Waals surface area contributed by atoms with E-state index in [4.69, 9.17) is 16.3 Å². The van der Waals surface area contributed by atoms with Crippen LogP contribution in [0.25, 0.3) is 0 Å². The molecule has 0 atom stereocenters. The number of nitrogens with one attached hydrogen (secondary N) is 1. The molecule has 0 aliphatic heterocycles. The van der Waals surface area contributed by atoms with Gasteiger partial charge in [-0.25, -0.2) is 0 Å². The number of hydrogen-bond acceptors (Lipinski definition) is 3. The van der Waals surface area contributed by atoms with Gasteiger partial charge in [-0.2, -0.15) is 0 Å². The number of aromatic hydroxyl groups is 1.